The van der Waals surface area contributed by atoms with Gasteiger partial charge in [0, 0.05) is 13.2 Å². The maximum absolute atomic E-state index is 12.5. The molecule has 0 bridgehead atoms. The Bertz CT molecular complexity index is 680. The molecule has 1 saturated heterocycles. The van der Waals surface area contributed by atoms with E-state index in [1.54, 1.807) is 12.1 Å². The first-order valence-electron chi connectivity index (χ1n) is 9.74. The Labute approximate surface area is 159 Å². The van der Waals surface area contributed by atoms with Gasteiger partial charge in [-0.3, -0.25) is 0 Å². The van der Waals surface area contributed by atoms with Crippen molar-refractivity contribution in [2.24, 2.45) is 11.3 Å². The number of aryl methyl sites for hydroxylation is 1. The van der Waals surface area contributed by atoms with Crippen LogP contribution in [0.15, 0.2) is 29.2 Å². The lowest BCUT2D eigenvalue weighted by Gasteiger charge is -2.45. The Morgan fingerprint density at radius 2 is 1.81 bits per heavy atom. The molecule has 0 unspecified atom stereocenters. The van der Waals surface area contributed by atoms with Crippen LogP contribution in [-0.4, -0.2) is 27.2 Å². The molecule has 0 saturated carbocycles. The molecule has 0 aliphatic carbocycles. The van der Waals surface area contributed by atoms with E-state index in [1.807, 2.05) is 19.1 Å². The van der Waals surface area contributed by atoms with Crippen molar-refractivity contribution < 1.29 is 13.2 Å². The number of ether oxygens (including phenoxy) is 1. The summed E-state index contributed by atoms with van der Waals surface area (Å²) in [4.78, 5) is 0.339. The fourth-order valence-electron chi connectivity index (χ4n) is 3.98. The highest BCUT2D eigenvalue weighted by Crippen LogP contribution is 2.45. The summed E-state index contributed by atoms with van der Waals surface area (Å²) in [5, 5.41) is 0. The molecule has 1 N–H and O–H groups in total. The summed E-state index contributed by atoms with van der Waals surface area (Å²) in [6.45, 7) is 12.0. The van der Waals surface area contributed by atoms with Crippen molar-refractivity contribution in [1.29, 1.82) is 0 Å². The molecule has 26 heavy (non-hydrogen) atoms. The van der Waals surface area contributed by atoms with Gasteiger partial charge in [-0.05, 0) is 69.9 Å². The topological polar surface area (TPSA) is 55.4 Å². The number of rotatable bonds is 8. The zero-order valence-electron chi connectivity index (χ0n) is 17.0. The molecular formula is C21H35NO3S. The Hall–Kier alpha value is -0.910. The lowest BCUT2D eigenvalue weighted by molar-refractivity contribution is -0.110. The van der Waals surface area contributed by atoms with E-state index >= 15 is 0 Å². The van der Waals surface area contributed by atoms with Crippen molar-refractivity contribution in [2.45, 2.75) is 77.2 Å². The Morgan fingerprint density at radius 1 is 1.15 bits per heavy atom. The summed E-state index contributed by atoms with van der Waals surface area (Å²) in [7, 11) is -3.45. The summed E-state index contributed by atoms with van der Waals surface area (Å²) >= 11 is 0. The molecule has 0 spiro atoms. The second kappa shape index (κ2) is 8.41. The van der Waals surface area contributed by atoms with Gasteiger partial charge in [-0.1, -0.05) is 38.0 Å². The zero-order chi connectivity index (χ0) is 19.4. The fourth-order valence-corrected chi connectivity index (χ4v) is 5.02. The average molecular weight is 382 g/mol. The summed E-state index contributed by atoms with van der Waals surface area (Å²) in [6.07, 6.45) is 5.15. The van der Waals surface area contributed by atoms with Crippen LogP contribution < -0.4 is 4.72 Å². The third kappa shape index (κ3) is 6.07. The molecule has 0 radical (unpaired) electrons. The fraction of sp³-hybridized carbons (Fsp3) is 0.714. The number of sulfonamides is 1. The van der Waals surface area contributed by atoms with Crippen LogP contribution in [0.5, 0.6) is 0 Å². The first-order valence-corrected chi connectivity index (χ1v) is 11.2. The molecule has 148 valence electrons. The zero-order valence-corrected chi connectivity index (χ0v) is 17.8. The van der Waals surface area contributed by atoms with Gasteiger partial charge in [0.05, 0.1) is 10.5 Å². The SMILES string of the molecule is Cc1ccc(S(=O)(=O)NCC[C@]2(CCC(C)C)CCOC(C)(C)C2)cc1. The van der Waals surface area contributed by atoms with Crippen LogP contribution in [-0.2, 0) is 14.8 Å². The summed E-state index contributed by atoms with van der Waals surface area (Å²) in [5.41, 5.74) is 1.08. The van der Waals surface area contributed by atoms with Crippen molar-refractivity contribution in [3.8, 4) is 0 Å². The quantitative estimate of drug-likeness (QED) is 0.711. The van der Waals surface area contributed by atoms with Crippen LogP contribution in [0.25, 0.3) is 0 Å². The van der Waals surface area contributed by atoms with Crippen LogP contribution in [0.4, 0.5) is 0 Å². The van der Waals surface area contributed by atoms with E-state index in [-0.39, 0.29) is 11.0 Å². The number of hydrogen-bond acceptors (Lipinski definition) is 3. The van der Waals surface area contributed by atoms with E-state index in [4.69, 9.17) is 4.74 Å². The molecule has 5 heteroatoms. The Balaban J connectivity index is 2.03. The Morgan fingerprint density at radius 3 is 2.38 bits per heavy atom. The predicted octanol–water partition coefficient (Wildman–Crippen LogP) is 4.68. The highest BCUT2D eigenvalue weighted by molar-refractivity contribution is 7.89. The third-order valence-corrected chi connectivity index (χ3v) is 6.93. The second-order valence-corrected chi connectivity index (χ2v) is 10.7. The first-order chi connectivity index (χ1) is 12.0. The normalized spacial score (nSPS) is 23.3. The van der Waals surface area contributed by atoms with Gasteiger partial charge >= 0.3 is 0 Å². The summed E-state index contributed by atoms with van der Waals surface area (Å²) in [6, 6.07) is 7.01. The van der Waals surface area contributed by atoms with Crippen molar-refractivity contribution in [3.05, 3.63) is 29.8 Å². The van der Waals surface area contributed by atoms with Crippen LogP contribution >= 0.6 is 0 Å². The van der Waals surface area contributed by atoms with E-state index in [2.05, 4.69) is 32.4 Å². The van der Waals surface area contributed by atoms with Gasteiger partial charge in [-0.2, -0.15) is 0 Å². The molecule has 1 atom stereocenters. The maximum Gasteiger partial charge on any atom is 0.240 e. The molecule has 1 aliphatic rings. The summed E-state index contributed by atoms with van der Waals surface area (Å²) < 4.78 is 33.8. The average Bonchev–Trinajstić information content (AvgIpc) is 2.52. The minimum atomic E-state index is -3.45. The highest BCUT2D eigenvalue weighted by atomic mass is 32.2. The van der Waals surface area contributed by atoms with Gasteiger partial charge in [0.15, 0.2) is 0 Å². The molecule has 1 heterocycles. The lowest BCUT2D eigenvalue weighted by Crippen LogP contribution is -2.43. The molecule has 0 amide bonds. The monoisotopic (exact) mass is 381 g/mol. The molecule has 0 aromatic heterocycles. The third-order valence-electron chi connectivity index (χ3n) is 5.46. The van der Waals surface area contributed by atoms with Crippen LogP contribution in [0.2, 0.25) is 0 Å². The van der Waals surface area contributed by atoms with Gasteiger partial charge in [0.1, 0.15) is 0 Å². The van der Waals surface area contributed by atoms with Gasteiger partial charge in [-0.15, -0.1) is 0 Å². The van der Waals surface area contributed by atoms with Crippen LogP contribution in [0.1, 0.15) is 65.4 Å². The van der Waals surface area contributed by atoms with E-state index < -0.39 is 10.0 Å². The van der Waals surface area contributed by atoms with Crippen molar-refractivity contribution in [3.63, 3.8) is 0 Å². The van der Waals surface area contributed by atoms with Crippen LogP contribution in [0.3, 0.4) is 0 Å². The number of hydrogen-bond donors (Lipinski definition) is 1. The molecule has 1 aromatic rings. The maximum atomic E-state index is 12.5. The van der Waals surface area contributed by atoms with E-state index in [1.165, 1.54) is 6.42 Å². The Kier molecular flexibility index (Phi) is 6.92. The van der Waals surface area contributed by atoms with Gasteiger partial charge in [-0.25, -0.2) is 13.1 Å². The van der Waals surface area contributed by atoms with Gasteiger partial charge in [0.25, 0.3) is 0 Å². The molecule has 1 aromatic carbocycles. The standard InChI is InChI=1S/C21H35NO3S/c1-17(2)10-11-21(13-15-25-20(4,5)16-21)12-14-22-26(23,24)19-8-6-18(3)7-9-19/h6-9,17,22H,10-16H2,1-5H3/t21-/m1/s1. The second-order valence-electron chi connectivity index (χ2n) is 8.93. The largest absolute Gasteiger partial charge is 0.376 e. The van der Waals surface area contributed by atoms with Crippen molar-refractivity contribution >= 4 is 10.0 Å². The van der Waals surface area contributed by atoms with Gasteiger partial charge < -0.3 is 4.74 Å². The molecule has 1 fully saturated rings. The molecule has 2 rings (SSSR count). The van der Waals surface area contributed by atoms with Crippen LogP contribution in [0, 0.1) is 18.3 Å². The van der Waals surface area contributed by atoms with Crippen molar-refractivity contribution in [1.82, 2.24) is 4.72 Å². The van der Waals surface area contributed by atoms with E-state index in [9.17, 15) is 8.42 Å². The van der Waals surface area contributed by atoms with Crippen molar-refractivity contribution in [2.75, 3.05) is 13.2 Å². The van der Waals surface area contributed by atoms with Gasteiger partial charge in [0.2, 0.25) is 10.0 Å². The number of nitrogens with one attached hydrogen (secondary N) is 1. The van der Waals surface area contributed by atoms with E-state index in [0.29, 0.717) is 17.4 Å². The first kappa shape index (κ1) is 21.4. The number of benzene rings is 1. The predicted molar refractivity (Wildman–Crippen MR) is 107 cm³/mol. The smallest absolute Gasteiger partial charge is 0.240 e. The minimum absolute atomic E-state index is 0.134. The van der Waals surface area contributed by atoms with E-state index in [0.717, 1.165) is 37.9 Å². The minimum Gasteiger partial charge on any atom is -0.376 e. The summed E-state index contributed by atoms with van der Waals surface area (Å²) in [5.74, 6) is 0.655. The molecule has 4 nitrogen and oxygen atoms in total. The molecular weight excluding hydrogens is 346 g/mol. The highest BCUT2D eigenvalue weighted by Gasteiger charge is 2.40. The lowest BCUT2D eigenvalue weighted by atomic mass is 9.68. The molecule has 1 aliphatic heterocycles.